The zero-order chi connectivity index (χ0) is 16.8. The number of H-pyrrole nitrogens is 1. The van der Waals surface area contributed by atoms with E-state index in [1.165, 1.54) is 29.2 Å². The van der Waals surface area contributed by atoms with Crippen LogP contribution in [0.2, 0.25) is 5.02 Å². The van der Waals surface area contributed by atoms with Crippen LogP contribution in [0.15, 0.2) is 29.4 Å². The Morgan fingerprint density at radius 3 is 2.83 bits per heavy atom. The monoisotopic (exact) mass is 350 g/mol. The zero-order valence-corrected chi connectivity index (χ0v) is 13.4. The number of sulfonamides is 1. The number of nitrogen functional groups attached to an aromatic ring is 1. The summed E-state index contributed by atoms with van der Waals surface area (Å²) in [6, 6.07) is 5.02. The van der Waals surface area contributed by atoms with Crippen molar-refractivity contribution >= 4 is 44.0 Å². The quantitative estimate of drug-likeness (QED) is 0.663. The van der Waals surface area contributed by atoms with E-state index in [1.807, 2.05) is 6.07 Å². The summed E-state index contributed by atoms with van der Waals surface area (Å²) < 4.78 is 28.7. The van der Waals surface area contributed by atoms with Gasteiger partial charge in [-0.1, -0.05) is 11.6 Å². The largest absolute Gasteiger partial charge is 0.383 e. The SMILES string of the molecule is Cn1ncc(S(=O)(=O)Nc2ccc(Cl)c3c(C#N)c[nH]c23)c1N. The molecule has 23 heavy (non-hydrogen) atoms. The second kappa shape index (κ2) is 5.19. The molecular weight excluding hydrogens is 340 g/mol. The highest BCUT2D eigenvalue weighted by Gasteiger charge is 2.22. The van der Waals surface area contributed by atoms with Crippen molar-refractivity contribution in [3.8, 4) is 6.07 Å². The third kappa shape index (κ3) is 2.38. The van der Waals surface area contributed by atoms with Gasteiger partial charge in [-0.05, 0) is 12.1 Å². The molecule has 0 aliphatic heterocycles. The summed E-state index contributed by atoms with van der Waals surface area (Å²) in [5.74, 6) is 0.0203. The molecular formula is C13H11ClN6O2S. The van der Waals surface area contributed by atoms with Gasteiger partial charge in [0.15, 0.2) is 0 Å². The summed E-state index contributed by atoms with van der Waals surface area (Å²) in [4.78, 5) is 2.73. The molecule has 2 heterocycles. The summed E-state index contributed by atoms with van der Waals surface area (Å²) in [7, 11) is -2.39. The van der Waals surface area contributed by atoms with Crippen LogP contribution in [0.5, 0.6) is 0 Å². The topological polar surface area (TPSA) is 130 Å². The number of aryl methyl sites for hydroxylation is 1. The molecule has 0 radical (unpaired) electrons. The molecule has 0 spiro atoms. The first kappa shape index (κ1) is 15.2. The maximum Gasteiger partial charge on any atom is 0.267 e. The highest BCUT2D eigenvalue weighted by Crippen LogP contribution is 2.33. The van der Waals surface area contributed by atoms with Gasteiger partial charge in [0.05, 0.1) is 28.0 Å². The van der Waals surface area contributed by atoms with Gasteiger partial charge in [0, 0.05) is 18.6 Å². The molecule has 0 amide bonds. The number of rotatable bonds is 3. The van der Waals surface area contributed by atoms with E-state index < -0.39 is 10.0 Å². The van der Waals surface area contributed by atoms with Crippen molar-refractivity contribution < 1.29 is 8.42 Å². The molecule has 0 unspecified atom stereocenters. The Kier molecular flexibility index (Phi) is 3.43. The van der Waals surface area contributed by atoms with Crippen LogP contribution in [0.1, 0.15) is 5.56 Å². The lowest BCUT2D eigenvalue weighted by molar-refractivity contribution is 0.601. The van der Waals surface area contributed by atoms with Gasteiger partial charge in [-0.2, -0.15) is 10.4 Å². The first-order valence-electron chi connectivity index (χ1n) is 6.35. The standard InChI is InChI=1S/C13H11ClN6O2S/c1-20-13(16)10(6-18-20)23(21,22)19-9-3-2-8(14)11-7(4-15)5-17-12(9)11/h2-3,5-6,17,19H,16H2,1H3. The molecule has 3 aromatic rings. The molecule has 0 aliphatic carbocycles. The number of nitriles is 1. The fourth-order valence-electron chi connectivity index (χ4n) is 2.21. The lowest BCUT2D eigenvalue weighted by atomic mass is 10.1. The summed E-state index contributed by atoms with van der Waals surface area (Å²) in [5, 5.41) is 13.7. The first-order chi connectivity index (χ1) is 10.8. The third-order valence-corrected chi connectivity index (χ3v) is 5.09. The Hall–Kier alpha value is -2.70. The van der Waals surface area contributed by atoms with Gasteiger partial charge < -0.3 is 10.7 Å². The number of anilines is 2. The molecule has 0 aliphatic rings. The number of halogens is 1. The molecule has 10 heteroatoms. The number of hydrogen-bond acceptors (Lipinski definition) is 5. The van der Waals surface area contributed by atoms with Crippen LogP contribution < -0.4 is 10.5 Å². The molecule has 3 rings (SSSR count). The van der Waals surface area contributed by atoms with Gasteiger partial charge in [-0.3, -0.25) is 9.40 Å². The van der Waals surface area contributed by atoms with E-state index in [4.69, 9.17) is 22.6 Å². The van der Waals surface area contributed by atoms with Crippen LogP contribution in [0.3, 0.4) is 0 Å². The number of aromatic nitrogens is 3. The average molecular weight is 351 g/mol. The van der Waals surface area contributed by atoms with E-state index in [9.17, 15) is 8.42 Å². The number of aromatic amines is 1. The molecule has 2 aromatic heterocycles. The zero-order valence-electron chi connectivity index (χ0n) is 11.8. The second-order valence-corrected chi connectivity index (χ2v) is 6.84. The smallest absolute Gasteiger partial charge is 0.267 e. The summed E-state index contributed by atoms with van der Waals surface area (Å²) in [6.45, 7) is 0. The maximum absolute atomic E-state index is 12.5. The van der Waals surface area contributed by atoms with Crippen molar-refractivity contribution in [3.63, 3.8) is 0 Å². The van der Waals surface area contributed by atoms with Gasteiger partial charge >= 0.3 is 0 Å². The summed E-state index contributed by atoms with van der Waals surface area (Å²) in [5.41, 5.74) is 6.72. The molecule has 8 nitrogen and oxygen atoms in total. The Bertz CT molecular complexity index is 1060. The summed E-state index contributed by atoms with van der Waals surface area (Å²) >= 11 is 6.09. The Labute approximate surface area is 136 Å². The molecule has 0 fully saturated rings. The highest BCUT2D eigenvalue weighted by atomic mass is 35.5. The number of fused-ring (bicyclic) bond motifs is 1. The predicted molar refractivity (Wildman–Crippen MR) is 86.5 cm³/mol. The number of benzene rings is 1. The number of nitrogens with one attached hydrogen (secondary N) is 2. The van der Waals surface area contributed by atoms with Crippen molar-refractivity contribution in [2.24, 2.45) is 7.05 Å². The van der Waals surface area contributed by atoms with E-state index in [0.717, 1.165) is 0 Å². The van der Waals surface area contributed by atoms with Crippen molar-refractivity contribution in [2.45, 2.75) is 4.90 Å². The van der Waals surface area contributed by atoms with Crippen molar-refractivity contribution in [1.82, 2.24) is 14.8 Å². The minimum Gasteiger partial charge on any atom is -0.383 e. The molecule has 0 bridgehead atoms. The van der Waals surface area contributed by atoms with Crippen LogP contribution in [0.4, 0.5) is 11.5 Å². The lowest BCUT2D eigenvalue weighted by Gasteiger charge is -2.09. The lowest BCUT2D eigenvalue weighted by Crippen LogP contribution is -2.14. The number of nitrogens with two attached hydrogens (primary N) is 1. The minimum absolute atomic E-state index is 0.0203. The van der Waals surface area contributed by atoms with Gasteiger partial charge in [-0.25, -0.2) is 8.42 Å². The van der Waals surface area contributed by atoms with Crippen LogP contribution in [0.25, 0.3) is 10.9 Å². The van der Waals surface area contributed by atoms with Crippen molar-refractivity contribution in [3.05, 3.63) is 35.1 Å². The minimum atomic E-state index is -3.93. The van der Waals surface area contributed by atoms with Crippen LogP contribution in [0, 0.1) is 11.3 Å². The Morgan fingerprint density at radius 1 is 1.48 bits per heavy atom. The molecule has 0 saturated carbocycles. The van der Waals surface area contributed by atoms with Crippen molar-refractivity contribution in [2.75, 3.05) is 10.5 Å². The van der Waals surface area contributed by atoms with E-state index >= 15 is 0 Å². The molecule has 4 N–H and O–H groups in total. The van der Waals surface area contributed by atoms with E-state index in [0.29, 0.717) is 21.5 Å². The van der Waals surface area contributed by atoms with E-state index in [1.54, 1.807) is 7.05 Å². The number of nitrogens with zero attached hydrogens (tertiary/aromatic N) is 3. The van der Waals surface area contributed by atoms with E-state index in [-0.39, 0.29) is 16.4 Å². The molecule has 0 atom stereocenters. The van der Waals surface area contributed by atoms with Crippen LogP contribution in [-0.4, -0.2) is 23.2 Å². The van der Waals surface area contributed by atoms with Gasteiger partial charge in [0.2, 0.25) is 0 Å². The summed E-state index contributed by atoms with van der Waals surface area (Å²) in [6.07, 6.45) is 2.63. The van der Waals surface area contributed by atoms with Gasteiger partial charge in [-0.15, -0.1) is 0 Å². The highest BCUT2D eigenvalue weighted by molar-refractivity contribution is 7.92. The van der Waals surface area contributed by atoms with Crippen molar-refractivity contribution in [1.29, 1.82) is 5.26 Å². The van der Waals surface area contributed by atoms with Crippen LogP contribution >= 0.6 is 11.6 Å². The fourth-order valence-corrected chi connectivity index (χ4v) is 3.64. The second-order valence-electron chi connectivity index (χ2n) is 4.78. The first-order valence-corrected chi connectivity index (χ1v) is 8.21. The molecule has 1 aromatic carbocycles. The molecule has 0 saturated heterocycles. The maximum atomic E-state index is 12.5. The Balaban J connectivity index is 2.12. The Morgan fingerprint density at radius 2 is 2.22 bits per heavy atom. The third-order valence-electron chi connectivity index (χ3n) is 3.39. The fraction of sp³-hybridized carbons (Fsp3) is 0.0769. The van der Waals surface area contributed by atoms with Gasteiger partial charge in [0.1, 0.15) is 16.8 Å². The van der Waals surface area contributed by atoms with Crippen LogP contribution in [-0.2, 0) is 17.1 Å². The van der Waals surface area contributed by atoms with Gasteiger partial charge in [0.25, 0.3) is 10.0 Å². The van der Waals surface area contributed by atoms with E-state index in [2.05, 4.69) is 14.8 Å². The number of hydrogen-bond donors (Lipinski definition) is 3. The average Bonchev–Trinajstić information content (AvgIpc) is 3.07. The molecule has 118 valence electrons. The normalized spacial score (nSPS) is 11.5. The predicted octanol–water partition coefficient (Wildman–Crippen LogP) is 1.81.